The number of hydrogen-bond acceptors (Lipinski definition) is 5. The van der Waals surface area contributed by atoms with E-state index in [0.717, 1.165) is 72.8 Å². The van der Waals surface area contributed by atoms with Gasteiger partial charge in [-0.2, -0.15) is 0 Å². The zero-order chi connectivity index (χ0) is 22.6. The van der Waals surface area contributed by atoms with Crippen LogP contribution in [0.15, 0.2) is 42.6 Å². The SMILES string of the molecule is CCc1cccc2c(C(CC(=O)NCCN3CCOCC3)c3cccc4c3OCO4)c[nH]c12. The summed E-state index contributed by atoms with van der Waals surface area (Å²) in [5, 5.41) is 4.28. The number of ether oxygens (including phenoxy) is 3. The summed E-state index contributed by atoms with van der Waals surface area (Å²) >= 11 is 0. The van der Waals surface area contributed by atoms with E-state index in [4.69, 9.17) is 14.2 Å². The van der Waals surface area contributed by atoms with Crippen LogP contribution in [0.3, 0.4) is 0 Å². The molecule has 0 saturated carbocycles. The Balaban J connectivity index is 1.41. The lowest BCUT2D eigenvalue weighted by Crippen LogP contribution is -2.41. The Bertz CT molecular complexity index is 1120. The van der Waals surface area contributed by atoms with E-state index in [1.54, 1.807) is 0 Å². The second-order valence-electron chi connectivity index (χ2n) is 8.58. The largest absolute Gasteiger partial charge is 0.454 e. The van der Waals surface area contributed by atoms with Crippen LogP contribution < -0.4 is 14.8 Å². The number of aryl methyl sites for hydroxylation is 1. The number of carbonyl (C=O) groups is 1. The number of benzene rings is 2. The van der Waals surface area contributed by atoms with E-state index < -0.39 is 0 Å². The van der Waals surface area contributed by atoms with Crippen molar-refractivity contribution in [2.24, 2.45) is 0 Å². The lowest BCUT2D eigenvalue weighted by molar-refractivity contribution is -0.121. The van der Waals surface area contributed by atoms with E-state index in [-0.39, 0.29) is 18.6 Å². The Morgan fingerprint density at radius 3 is 2.82 bits per heavy atom. The predicted octanol–water partition coefficient (Wildman–Crippen LogP) is 3.43. The molecular formula is C26H31N3O4. The number of nitrogens with one attached hydrogen (secondary N) is 2. The number of rotatable bonds is 8. The highest BCUT2D eigenvalue weighted by Crippen LogP contribution is 2.44. The third kappa shape index (κ3) is 4.56. The standard InChI is InChI=1S/C26H31N3O4/c1-2-18-5-3-6-19-22(16-28-25(18)19)21(20-7-4-8-23-26(20)33-17-32-23)15-24(30)27-9-10-29-11-13-31-14-12-29/h3-8,16,21,28H,2,9-15,17H2,1H3,(H,27,30). The second kappa shape index (κ2) is 9.85. The number of H-pyrrole nitrogens is 1. The van der Waals surface area contributed by atoms with Crippen molar-refractivity contribution >= 4 is 16.8 Å². The van der Waals surface area contributed by atoms with Crippen LogP contribution >= 0.6 is 0 Å². The van der Waals surface area contributed by atoms with Crippen LogP contribution in [0, 0.1) is 0 Å². The molecule has 2 N–H and O–H groups in total. The fraction of sp³-hybridized carbons (Fsp3) is 0.423. The molecule has 1 aromatic heterocycles. The molecule has 174 valence electrons. The van der Waals surface area contributed by atoms with Gasteiger partial charge in [-0.15, -0.1) is 0 Å². The molecule has 0 radical (unpaired) electrons. The first-order valence-corrected chi connectivity index (χ1v) is 11.8. The smallest absolute Gasteiger partial charge is 0.231 e. The molecule has 0 spiro atoms. The number of morpholine rings is 1. The van der Waals surface area contributed by atoms with Gasteiger partial charge in [0.05, 0.1) is 13.2 Å². The zero-order valence-electron chi connectivity index (χ0n) is 19.1. The summed E-state index contributed by atoms with van der Waals surface area (Å²) < 4.78 is 16.9. The number of aromatic nitrogens is 1. The number of nitrogens with zero attached hydrogens (tertiary/aromatic N) is 1. The van der Waals surface area contributed by atoms with Gasteiger partial charge in [-0.1, -0.05) is 37.3 Å². The molecule has 1 atom stereocenters. The van der Waals surface area contributed by atoms with Crippen LogP contribution in [0.5, 0.6) is 11.5 Å². The maximum Gasteiger partial charge on any atom is 0.231 e. The summed E-state index contributed by atoms with van der Waals surface area (Å²) in [5.74, 6) is 1.36. The van der Waals surface area contributed by atoms with Gasteiger partial charge in [0.25, 0.3) is 0 Å². The number of para-hydroxylation sites is 2. The lowest BCUT2D eigenvalue weighted by atomic mass is 9.86. The van der Waals surface area contributed by atoms with Crippen molar-refractivity contribution in [3.8, 4) is 11.5 Å². The Labute approximate surface area is 194 Å². The lowest BCUT2D eigenvalue weighted by Gasteiger charge is -2.26. The van der Waals surface area contributed by atoms with E-state index in [0.29, 0.717) is 13.0 Å². The molecule has 1 unspecified atom stereocenters. The summed E-state index contributed by atoms with van der Waals surface area (Å²) in [6, 6.07) is 12.3. The van der Waals surface area contributed by atoms with Crippen LogP contribution in [-0.2, 0) is 16.0 Å². The van der Waals surface area contributed by atoms with Crippen LogP contribution in [0.4, 0.5) is 0 Å². The summed E-state index contributed by atoms with van der Waals surface area (Å²) in [5.41, 5.74) is 4.49. The van der Waals surface area contributed by atoms with E-state index >= 15 is 0 Å². The monoisotopic (exact) mass is 449 g/mol. The molecule has 33 heavy (non-hydrogen) atoms. The fourth-order valence-electron chi connectivity index (χ4n) is 4.87. The van der Waals surface area contributed by atoms with E-state index in [1.807, 2.05) is 24.4 Å². The van der Waals surface area contributed by atoms with Gasteiger partial charge >= 0.3 is 0 Å². The minimum absolute atomic E-state index is 0.0331. The highest BCUT2D eigenvalue weighted by Gasteiger charge is 2.28. The average Bonchev–Trinajstić information content (AvgIpc) is 3.50. The molecule has 7 heteroatoms. The number of hydrogen-bond donors (Lipinski definition) is 2. The molecule has 1 amide bonds. The van der Waals surface area contributed by atoms with Gasteiger partial charge in [-0.05, 0) is 23.6 Å². The maximum absolute atomic E-state index is 13.1. The zero-order valence-corrected chi connectivity index (χ0v) is 19.1. The van der Waals surface area contributed by atoms with E-state index in [1.165, 1.54) is 5.56 Å². The Morgan fingerprint density at radius 2 is 1.97 bits per heavy atom. The molecule has 2 aliphatic heterocycles. The van der Waals surface area contributed by atoms with Crippen molar-refractivity contribution in [2.45, 2.75) is 25.7 Å². The Kier molecular flexibility index (Phi) is 6.51. The van der Waals surface area contributed by atoms with Crippen LogP contribution in [0.25, 0.3) is 10.9 Å². The molecule has 0 aliphatic carbocycles. The number of carbonyl (C=O) groups excluding carboxylic acids is 1. The molecule has 0 bridgehead atoms. The molecule has 3 aromatic rings. The number of fused-ring (bicyclic) bond motifs is 2. The minimum atomic E-state index is -0.147. The first-order chi connectivity index (χ1) is 16.2. The van der Waals surface area contributed by atoms with Crippen molar-refractivity contribution in [2.75, 3.05) is 46.2 Å². The van der Waals surface area contributed by atoms with Gasteiger partial charge < -0.3 is 24.5 Å². The highest BCUT2D eigenvalue weighted by atomic mass is 16.7. The predicted molar refractivity (Wildman–Crippen MR) is 127 cm³/mol. The fourth-order valence-corrected chi connectivity index (χ4v) is 4.87. The van der Waals surface area contributed by atoms with Gasteiger partial charge in [0.15, 0.2) is 11.5 Å². The van der Waals surface area contributed by atoms with Crippen molar-refractivity contribution in [3.05, 3.63) is 59.3 Å². The topological polar surface area (TPSA) is 75.8 Å². The summed E-state index contributed by atoms with van der Waals surface area (Å²) in [6.45, 7) is 7.19. The Hall–Kier alpha value is -3.03. The summed E-state index contributed by atoms with van der Waals surface area (Å²) in [7, 11) is 0. The van der Waals surface area contributed by atoms with Crippen molar-refractivity contribution < 1.29 is 19.0 Å². The molecule has 5 rings (SSSR count). The third-order valence-electron chi connectivity index (χ3n) is 6.64. The summed E-state index contributed by atoms with van der Waals surface area (Å²) in [4.78, 5) is 18.9. The van der Waals surface area contributed by atoms with Crippen molar-refractivity contribution in [1.29, 1.82) is 0 Å². The van der Waals surface area contributed by atoms with Crippen LogP contribution in [-0.4, -0.2) is 62.0 Å². The maximum atomic E-state index is 13.1. The van der Waals surface area contributed by atoms with Crippen LogP contribution in [0.2, 0.25) is 0 Å². The van der Waals surface area contributed by atoms with E-state index in [2.05, 4.69) is 40.3 Å². The van der Waals surface area contributed by atoms with Crippen molar-refractivity contribution in [1.82, 2.24) is 15.2 Å². The molecule has 2 aromatic carbocycles. The second-order valence-corrected chi connectivity index (χ2v) is 8.58. The minimum Gasteiger partial charge on any atom is -0.454 e. The molecule has 1 saturated heterocycles. The molecule has 3 heterocycles. The normalized spacial score (nSPS) is 16.8. The van der Waals surface area contributed by atoms with Crippen molar-refractivity contribution in [3.63, 3.8) is 0 Å². The summed E-state index contributed by atoms with van der Waals surface area (Å²) in [6.07, 6.45) is 3.33. The molecule has 2 aliphatic rings. The van der Waals surface area contributed by atoms with Gasteiger partial charge in [0.2, 0.25) is 12.7 Å². The number of amides is 1. The number of aromatic amines is 1. The first-order valence-electron chi connectivity index (χ1n) is 11.8. The molecular weight excluding hydrogens is 418 g/mol. The molecule has 1 fully saturated rings. The van der Waals surface area contributed by atoms with Gasteiger partial charge in [0.1, 0.15) is 0 Å². The first kappa shape index (κ1) is 21.8. The highest BCUT2D eigenvalue weighted by molar-refractivity contribution is 5.88. The molecule has 7 nitrogen and oxygen atoms in total. The van der Waals surface area contributed by atoms with Gasteiger partial charge in [-0.3, -0.25) is 9.69 Å². The Morgan fingerprint density at radius 1 is 1.12 bits per heavy atom. The van der Waals surface area contributed by atoms with Crippen LogP contribution in [0.1, 0.15) is 36.0 Å². The quantitative estimate of drug-likeness (QED) is 0.551. The average molecular weight is 450 g/mol. The third-order valence-corrected chi connectivity index (χ3v) is 6.64. The van der Waals surface area contributed by atoms with Gasteiger partial charge in [0, 0.05) is 61.2 Å². The van der Waals surface area contributed by atoms with E-state index in [9.17, 15) is 4.79 Å². The van der Waals surface area contributed by atoms with Gasteiger partial charge in [-0.25, -0.2) is 0 Å².